The molecule has 0 unspecified atom stereocenters. The maximum absolute atomic E-state index is 12.2. The molecule has 0 N–H and O–H groups in total. The summed E-state index contributed by atoms with van der Waals surface area (Å²) in [5, 5.41) is 4.45. The van der Waals surface area contributed by atoms with E-state index in [0.29, 0.717) is 22.5 Å². The second kappa shape index (κ2) is 7.76. The molecule has 0 fully saturated rings. The van der Waals surface area contributed by atoms with Crippen molar-refractivity contribution in [3.63, 3.8) is 0 Å². The quantitative estimate of drug-likeness (QED) is 0.674. The van der Waals surface area contributed by atoms with Gasteiger partial charge < -0.3 is 14.2 Å². The molecule has 1 aromatic carbocycles. The number of nitrogens with zero attached hydrogens (tertiary/aromatic N) is 4. The first kappa shape index (κ1) is 16.9. The van der Waals surface area contributed by atoms with Gasteiger partial charge in [-0.05, 0) is 30.3 Å². The number of benzene rings is 1. The van der Waals surface area contributed by atoms with Crippen LogP contribution in [0.3, 0.4) is 0 Å². The molecule has 0 aliphatic carbocycles. The summed E-state index contributed by atoms with van der Waals surface area (Å²) >= 11 is 5.88. The minimum atomic E-state index is -0.219. The molecule has 0 atom stereocenters. The van der Waals surface area contributed by atoms with Crippen LogP contribution in [0.15, 0.2) is 53.3 Å². The van der Waals surface area contributed by atoms with Gasteiger partial charge in [-0.25, -0.2) is 0 Å². The Morgan fingerprint density at radius 1 is 1.28 bits per heavy atom. The lowest BCUT2D eigenvalue weighted by atomic mass is 10.2. The number of rotatable bonds is 6. The number of hydrogen-bond acceptors (Lipinski definition) is 6. The minimum Gasteiger partial charge on any atom is -0.484 e. The van der Waals surface area contributed by atoms with Gasteiger partial charge in [0.15, 0.2) is 6.61 Å². The predicted octanol–water partition coefficient (Wildman–Crippen LogP) is 2.82. The van der Waals surface area contributed by atoms with Gasteiger partial charge in [-0.2, -0.15) is 4.98 Å². The van der Waals surface area contributed by atoms with Crippen molar-refractivity contribution in [2.75, 3.05) is 13.7 Å². The Balaban J connectivity index is 1.56. The molecule has 8 heteroatoms. The molecule has 0 aliphatic heterocycles. The lowest BCUT2D eigenvalue weighted by Crippen LogP contribution is -2.31. The number of hydrogen-bond donors (Lipinski definition) is 0. The first-order valence-corrected chi connectivity index (χ1v) is 7.85. The monoisotopic (exact) mass is 358 g/mol. The number of ether oxygens (including phenoxy) is 1. The van der Waals surface area contributed by atoms with Crippen LogP contribution in [0.1, 0.15) is 5.89 Å². The van der Waals surface area contributed by atoms with Gasteiger partial charge in [0.25, 0.3) is 5.91 Å². The third kappa shape index (κ3) is 4.54. The van der Waals surface area contributed by atoms with E-state index in [4.69, 9.17) is 20.9 Å². The molecule has 0 saturated heterocycles. The molecule has 7 nitrogen and oxygen atoms in total. The molecule has 128 valence electrons. The molecule has 2 aromatic heterocycles. The Labute approximate surface area is 149 Å². The van der Waals surface area contributed by atoms with E-state index in [9.17, 15) is 4.79 Å². The maximum Gasteiger partial charge on any atom is 0.260 e. The molecule has 0 radical (unpaired) electrons. The molecule has 0 aliphatic rings. The lowest BCUT2D eigenvalue weighted by molar-refractivity contribution is -0.132. The van der Waals surface area contributed by atoms with E-state index in [1.807, 2.05) is 0 Å². The molecule has 0 saturated carbocycles. The topological polar surface area (TPSA) is 81.4 Å². The zero-order chi connectivity index (χ0) is 17.6. The van der Waals surface area contributed by atoms with Crippen LogP contribution in [-0.4, -0.2) is 39.6 Å². The molecule has 1 amide bonds. The number of pyridine rings is 1. The highest BCUT2D eigenvalue weighted by Crippen LogP contribution is 2.17. The first-order valence-electron chi connectivity index (χ1n) is 7.47. The zero-order valence-electron chi connectivity index (χ0n) is 13.4. The van der Waals surface area contributed by atoms with Crippen LogP contribution >= 0.6 is 11.6 Å². The van der Waals surface area contributed by atoms with Crippen LogP contribution in [0, 0.1) is 0 Å². The van der Waals surface area contributed by atoms with Gasteiger partial charge in [-0.15, -0.1) is 0 Å². The highest BCUT2D eigenvalue weighted by Gasteiger charge is 2.15. The average Bonchev–Trinajstić information content (AvgIpc) is 3.09. The average molecular weight is 359 g/mol. The summed E-state index contributed by atoms with van der Waals surface area (Å²) in [5.74, 6) is 1.11. The van der Waals surface area contributed by atoms with E-state index in [-0.39, 0.29) is 19.1 Å². The minimum absolute atomic E-state index is 0.109. The highest BCUT2D eigenvalue weighted by molar-refractivity contribution is 6.30. The Hall–Kier alpha value is -2.93. The van der Waals surface area contributed by atoms with Crippen molar-refractivity contribution in [2.24, 2.45) is 0 Å². The van der Waals surface area contributed by atoms with Crippen LogP contribution in [0.2, 0.25) is 5.02 Å². The van der Waals surface area contributed by atoms with E-state index in [2.05, 4.69) is 15.1 Å². The van der Waals surface area contributed by atoms with Gasteiger partial charge in [-0.3, -0.25) is 9.78 Å². The zero-order valence-corrected chi connectivity index (χ0v) is 14.2. The maximum atomic E-state index is 12.2. The van der Waals surface area contributed by atoms with Crippen LogP contribution in [-0.2, 0) is 11.3 Å². The van der Waals surface area contributed by atoms with E-state index in [1.54, 1.807) is 55.8 Å². The van der Waals surface area contributed by atoms with Crippen LogP contribution < -0.4 is 4.74 Å². The molecule has 0 spiro atoms. The van der Waals surface area contributed by atoms with Gasteiger partial charge in [0, 0.05) is 30.0 Å². The van der Waals surface area contributed by atoms with Crippen molar-refractivity contribution in [3.8, 4) is 17.1 Å². The van der Waals surface area contributed by atoms with Crippen molar-refractivity contribution in [3.05, 3.63) is 59.7 Å². The molecule has 3 rings (SSSR count). The predicted molar refractivity (Wildman–Crippen MR) is 91.0 cm³/mol. The Kier molecular flexibility index (Phi) is 5.25. The SMILES string of the molecule is CN(Cc1nc(-c2ccncc2)no1)C(=O)COc1cccc(Cl)c1. The number of amides is 1. The van der Waals surface area contributed by atoms with Crippen molar-refractivity contribution in [1.82, 2.24) is 20.0 Å². The summed E-state index contributed by atoms with van der Waals surface area (Å²) in [6.45, 7) is 0.0814. The largest absolute Gasteiger partial charge is 0.484 e. The van der Waals surface area contributed by atoms with Crippen LogP contribution in [0.4, 0.5) is 0 Å². The van der Waals surface area contributed by atoms with Gasteiger partial charge in [-0.1, -0.05) is 22.8 Å². The number of halogens is 1. The van der Waals surface area contributed by atoms with Gasteiger partial charge in [0.2, 0.25) is 11.7 Å². The second-order valence-electron chi connectivity index (χ2n) is 5.24. The van der Waals surface area contributed by atoms with E-state index >= 15 is 0 Å². The van der Waals surface area contributed by atoms with E-state index in [0.717, 1.165) is 5.56 Å². The smallest absolute Gasteiger partial charge is 0.260 e. The van der Waals surface area contributed by atoms with Crippen LogP contribution in [0.5, 0.6) is 5.75 Å². The van der Waals surface area contributed by atoms with E-state index < -0.39 is 0 Å². The molecule has 3 aromatic rings. The summed E-state index contributed by atoms with van der Waals surface area (Å²) in [7, 11) is 1.64. The highest BCUT2D eigenvalue weighted by atomic mass is 35.5. The normalized spacial score (nSPS) is 10.5. The Morgan fingerprint density at radius 2 is 2.08 bits per heavy atom. The third-order valence-corrected chi connectivity index (χ3v) is 3.60. The summed E-state index contributed by atoms with van der Waals surface area (Å²) in [6.07, 6.45) is 3.29. The Bertz CT molecular complexity index is 854. The number of likely N-dealkylation sites (N-methyl/N-ethyl adjacent to an activating group) is 1. The Morgan fingerprint density at radius 3 is 2.84 bits per heavy atom. The number of carbonyl (C=O) groups excluding carboxylic acids is 1. The summed E-state index contributed by atoms with van der Waals surface area (Å²) in [4.78, 5) is 21.8. The third-order valence-electron chi connectivity index (χ3n) is 3.36. The summed E-state index contributed by atoms with van der Waals surface area (Å²) < 4.78 is 10.6. The fourth-order valence-corrected chi connectivity index (χ4v) is 2.22. The molecule has 25 heavy (non-hydrogen) atoms. The van der Waals surface area contributed by atoms with Gasteiger partial charge in [0.05, 0.1) is 6.54 Å². The molecular weight excluding hydrogens is 344 g/mol. The number of aromatic nitrogens is 3. The molecule has 0 bridgehead atoms. The summed E-state index contributed by atoms with van der Waals surface area (Å²) in [5.41, 5.74) is 0.795. The fraction of sp³-hybridized carbons (Fsp3) is 0.176. The standard InChI is InChI=1S/C17H15ClN4O3/c1-22(16(23)11-24-14-4-2-3-13(18)9-14)10-15-20-17(21-25-15)12-5-7-19-8-6-12/h2-9H,10-11H2,1H3. The van der Waals surface area contributed by atoms with Crippen molar-refractivity contribution < 1.29 is 14.1 Å². The first-order chi connectivity index (χ1) is 12.1. The number of carbonyl (C=O) groups is 1. The summed E-state index contributed by atoms with van der Waals surface area (Å²) in [6, 6.07) is 10.4. The van der Waals surface area contributed by atoms with Crippen molar-refractivity contribution in [1.29, 1.82) is 0 Å². The molecule has 2 heterocycles. The van der Waals surface area contributed by atoms with Crippen molar-refractivity contribution >= 4 is 17.5 Å². The molecular formula is C17H15ClN4O3. The van der Waals surface area contributed by atoms with Crippen molar-refractivity contribution in [2.45, 2.75) is 6.54 Å². The fourth-order valence-electron chi connectivity index (χ4n) is 2.04. The van der Waals surface area contributed by atoms with Gasteiger partial charge in [0.1, 0.15) is 5.75 Å². The van der Waals surface area contributed by atoms with Gasteiger partial charge >= 0.3 is 0 Å². The van der Waals surface area contributed by atoms with E-state index in [1.165, 1.54) is 4.90 Å². The lowest BCUT2D eigenvalue weighted by Gasteiger charge is -2.15. The second-order valence-corrected chi connectivity index (χ2v) is 5.68. The van der Waals surface area contributed by atoms with Crippen LogP contribution in [0.25, 0.3) is 11.4 Å².